The van der Waals surface area contributed by atoms with E-state index in [1.54, 1.807) is 22.2 Å². The molecule has 0 aliphatic carbocycles. The molecule has 0 aliphatic rings. The van der Waals surface area contributed by atoms with Gasteiger partial charge in [-0.1, -0.05) is 12.1 Å². The summed E-state index contributed by atoms with van der Waals surface area (Å²) in [4.78, 5) is 13.3. The van der Waals surface area contributed by atoms with Gasteiger partial charge in [-0.15, -0.1) is 11.3 Å². The number of hydrogen-bond donors (Lipinski definition) is 1. The molecule has 0 saturated heterocycles. The van der Waals surface area contributed by atoms with Gasteiger partial charge in [0.1, 0.15) is 0 Å². The Morgan fingerprint density at radius 2 is 2.04 bits per heavy atom. The van der Waals surface area contributed by atoms with E-state index in [-0.39, 0.29) is 5.91 Å². The summed E-state index contributed by atoms with van der Waals surface area (Å²) >= 11 is 5.14. The Morgan fingerprint density at radius 3 is 2.70 bits per heavy atom. The van der Waals surface area contributed by atoms with E-state index in [1.807, 2.05) is 42.6 Å². The summed E-state index contributed by atoms with van der Waals surface area (Å²) in [6, 6.07) is 13.9. The van der Waals surface area contributed by atoms with Crippen molar-refractivity contribution in [3.05, 3.63) is 69.1 Å². The SMILES string of the molecule is O=C(Cc1ccc(-n2cccn2)cc1)NCCc1ccc(Br)s1. The van der Waals surface area contributed by atoms with Crippen molar-refractivity contribution in [1.29, 1.82) is 0 Å². The van der Waals surface area contributed by atoms with Crippen LogP contribution >= 0.6 is 27.3 Å². The number of rotatable bonds is 6. The number of aromatic nitrogens is 2. The van der Waals surface area contributed by atoms with Crippen LogP contribution in [0.15, 0.2) is 58.6 Å². The molecule has 0 saturated carbocycles. The molecule has 1 aromatic carbocycles. The molecule has 4 nitrogen and oxygen atoms in total. The largest absolute Gasteiger partial charge is 0.355 e. The first-order valence-corrected chi connectivity index (χ1v) is 8.91. The molecule has 2 aromatic heterocycles. The highest BCUT2D eigenvalue weighted by Crippen LogP contribution is 2.22. The van der Waals surface area contributed by atoms with Crippen LogP contribution in [0.1, 0.15) is 10.4 Å². The van der Waals surface area contributed by atoms with Gasteiger partial charge in [0.2, 0.25) is 5.91 Å². The Morgan fingerprint density at radius 1 is 1.22 bits per heavy atom. The second-order valence-electron chi connectivity index (χ2n) is 5.10. The Hall–Kier alpha value is -1.92. The number of benzene rings is 1. The van der Waals surface area contributed by atoms with E-state index < -0.39 is 0 Å². The lowest BCUT2D eigenvalue weighted by Gasteiger charge is -2.06. The molecule has 2 heterocycles. The van der Waals surface area contributed by atoms with E-state index >= 15 is 0 Å². The van der Waals surface area contributed by atoms with E-state index in [1.165, 1.54) is 4.88 Å². The Bertz CT molecular complexity index is 766. The van der Waals surface area contributed by atoms with Crippen molar-refractivity contribution in [1.82, 2.24) is 15.1 Å². The van der Waals surface area contributed by atoms with Crippen molar-refractivity contribution in [2.45, 2.75) is 12.8 Å². The highest BCUT2D eigenvalue weighted by Gasteiger charge is 2.05. The first kappa shape index (κ1) is 16.0. The van der Waals surface area contributed by atoms with Gasteiger partial charge in [-0.3, -0.25) is 4.79 Å². The van der Waals surface area contributed by atoms with Gasteiger partial charge >= 0.3 is 0 Å². The third kappa shape index (κ3) is 4.53. The molecule has 118 valence electrons. The van der Waals surface area contributed by atoms with Crippen molar-refractivity contribution >= 4 is 33.2 Å². The van der Waals surface area contributed by atoms with Crippen molar-refractivity contribution in [2.75, 3.05) is 6.54 Å². The molecule has 0 bridgehead atoms. The molecule has 0 aliphatic heterocycles. The van der Waals surface area contributed by atoms with Crippen LogP contribution in [0.5, 0.6) is 0 Å². The molecule has 0 fully saturated rings. The first-order valence-electron chi connectivity index (χ1n) is 7.30. The summed E-state index contributed by atoms with van der Waals surface area (Å²) in [6.07, 6.45) is 4.89. The average Bonchev–Trinajstić information content (AvgIpc) is 3.20. The number of nitrogens with one attached hydrogen (secondary N) is 1. The van der Waals surface area contributed by atoms with Gasteiger partial charge in [0.15, 0.2) is 0 Å². The minimum absolute atomic E-state index is 0.0486. The molecule has 1 N–H and O–H groups in total. The van der Waals surface area contributed by atoms with Gasteiger partial charge in [0, 0.05) is 23.8 Å². The highest BCUT2D eigenvalue weighted by molar-refractivity contribution is 9.11. The van der Waals surface area contributed by atoms with E-state index in [4.69, 9.17) is 0 Å². The van der Waals surface area contributed by atoms with Crippen LogP contribution in [0.4, 0.5) is 0 Å². The summed E-state index contributed by atoms with van der Waals surface area (Å²) < 4.78 is 2.92. The van der Waals surface area contributed by atoms with Crippen LogP contribution in [0, 0.1) is 0 Å². The second kappa shape index (κ2) is 7.57. The minimum atomic E-state index is 0.0486. The quantitative estimate of drug-likeness (QED) is 0.699. The Labute approximate surface area is 147 Å². The van der Waals surface area contributed by atoms with Gasteiger partial charge in [0.05, 0.1) is 15.9 Å². The zero-order chi connectivity index (χ0) is 16.1. The lowest BCUT2D eigenvalue weighted by Crippen LogP contribution is -2.27. The van der Waals surface area contributed by atoms with E-state index in [0.717, 1.165) is 21.5 Å². The molecule has 1 amide bonds. The second-order valence-corrected chi connectivity index (χ2v) is 7.65. The van der Waals surface area contributed by atoms with Crippen LogP contribution in [0.3, 0.4) is 0 Å². The zero-order valence-corrected chi connectivity index (χ0v) is 14.8. The number of carbonyl (C=O) groups excluding carboxylic acids is 1. The summed E-state index contributed by atoms with van der Waals surface area (Å²) in [5, 5.41) is 7.15. The van der Waals surface area contributed by atoms with E-state index in [2.05, 4.69) is 32.4 Å². The van der Waals surface area contributed by atoms with Crippen LogP contribution in [0.25, 0.3) is 5.69 Å². The minimum Gasteiger partial charge on any atom is -0.355 e. The first-order chi connectivity index (χ1) is 11.2. The molecular weight excluding hydrogens is 374 g/mol. The Balaban J connectivity index is 1.48. The number of nitrogens with zero attached hydrogens (tertiary/aromatic N) is 2. The van der Waals surface area contributed by atoms with Crippen molar-refractivity contribution < 1.29 is 4.79 Å². The van der Waals surface area contributed by atoms with Gasteiger partial charge < -0.3 is 5.32 Å². The van der Waals surface area contributed by atoms with E-state index in [0.29, 0.717) is 13.0 Å². The zero-order valence-electron chi connectivity index (χ0n) is 12.4. The third-order valence-corrected chi connectivity index (χ3v) is 5.08. The lowest BCUT2D eigenvalue weighted by atomic mass is 10.1. The summed E-state index contributed by atoms with van der Waals surface area (Å²) in [5.74, 6) is 0.0486. The molecule has 3 aromatic rings. The van der Waals surface area contributed by atoms with Gasteiger partial charge in [-0.25, -0.2) is 4.68 Å². The number of halogens is 1. The Kier molecular flexibility index (Phi) is 5.25. The van der Waals surface area contributed by atoms with E-state index in [9.17, 15) is 4.79 Å². The standard InChI is InChI=1S/C17H16BrN3OS/c18-16-7-6-15(23-16)8-10-19-17(22)12-13-2-4-14(5-3-13)21-11-1-9-20-21/h1-7,9,11H,8,10,12H2,(H,19,22). The fraction of sp³-hybridized carbons (Fsp3) is 0.176. The molecule has 0 spiro atoms. The van der Waals surface area contributed by atoms with Gasteiger partial charge in [0.25, 0.3) is 0 Å². The molecule has 0 atom stereocenters. The molecule has 0 unspecified atom stereocenters. The van der Waals surface area contributed by atoms with Crippen molar-refractivity contribution in [3.63, 3.8) is 0 Å². The maximum absolute atomic E-state index is 12.0. The lowest BCUT2D eigenvalue weighted by molar-refractivity contribution is -0.120. The van der Waals surface area contributed by atoms with Crippen molar-refractivity contribution in [3.8, 4) is 5.69 Å². The average molecular weight is 390 g/mol. The molecular formula is C17H16BrN3OS. The predicted octanol–water partition coefficient (Wildman–Crippen LogP) is 3.60. The monoisotopic (exact) mass is 389 g/mol. The van der Waals surface area contributed by atoms with Crippen LogP contribution < -0.4 is 5.32 Å². The number of carbonyl (C=O) groups is 1. The van der Waals surface area contributed by atoms with Crippen molar-refractivity contribution in [2.24, 2.45) is 0 Å². The van der Waals surface area contributed by atoms with Crippen LogP contribution in [-0.4, -0.2) is 22.2 Å². The molecule has 3 rings (SSSR count). The molecule has 0 radical (unpaired) electrons. The van der Waals surface area contributed by atoms with Crippen LogP contribution in [-0.2, 0) is 17.6 Å². The smallest absolute Gasteiger partial charge is 0.224 e. The molecule has 23 heavy (non-hydrogen) atoms. The van der Waals surface area contributed by atoms with Gasteiger partial charge in [-0.2, -0.15) is 5.10 Å². The fourth-order valence-electron chi connectivity index (χ4n) is 2.25. The highest BCUT2D eigenvalue weighted by atomic mass is 79.9. The summed E-state index contributed by atoms with van der Waals surface area (Å²) in [7, 11) is 0. The normalized spacial score (nSPS) is 10.7. The number of hydrogen-bond acceptors (Lipinski definition) is 3. The topological polar surface area (TPSA) is 46.9 Å². The summed E-state index contributed by atoms with van der Waals surface area (Å²) in [6.45, 7) is 0.664. The number of thiophene rings is 1. The van der Waals surface area contributed by atoms with Gasteiger partial charge in [-0.05, 0) is 58.2 Å². The molecule has 6 heteroatoms. The fourth-order valence-corrected chi connectivity index (χ4v) is 3.73. The predicted molar refractivity (Wildman–Crippen MR) is 96.0 cm³/mol. The maximum Gasteiger partial charge on any atom is 0.224 e. The third-order valence-electron chi connectivity index (χ3n) is 3.39. The summed E-state index contributed by atoms with van der Waals surface area (Å²) in [5.41, 5.74) is 1.99. The van der Waals surface area contributed by atoms with Crippen LogP contribution in [0.2, 0.25) is 0 Å². The maximum atomic E-state index is 12.0. The number of amides is 1.